The molecule has 0 heterocycles. The zero-order chi connectivity index (χ0) is 10.0. The predicted octanol–water partition coefficient (Wildman–Crippen LogP) is 2.82. The van der Waals surface area contributed by atoms with Gasteiger partial charge in [0.15, 0.2) is 5.82 Å². The molecule has 0 radical (unpaired) electrons. The van der Waals surface area contributed by atoms with E-state index in [9.17, 15) is 9.18 Å². The number of hydrogen-bond donors (Lipinski definition) is 0. The summed E-state index contributed by atoms with van der Waals surface area (Å²) in [6.45, 7) is 0. The molecule has 5 heteroatoms. The highest BCUT2D eigenvalue weighted by Crippen LogP contribution is 2.21. The maximum Gasteiger partial charge on any atom is 0.340 e. The van der Waals surface area contributed by atoms with Gasteiger partial charge in [-0.25, -0.2) is 9.18 Å². The summed E-state index contributed by atoms with van der Waals surface area (Å²) in [5, 5.41) is 0. The Hall–Kier alpha value is 0.0800. The zero-order valence-electron chi connectivity index (χ0n) is 6.61. The van der Waals surface area contributed by atoms with Gasteiger partial charge in [-0.05, 0) is 57.3 Å². The molecule has 0 spiro atoms. The minimum atomic E-state index is -0.646. The van der Waals surface area contributed by atoms with Crippen LogP contribution < -0.4 is 0 Å². The molecule has 0 saturated carbocycles. The van der Waals surface area contributed by atoms with Gasteiger partial charge in [0.1, 0.15) is 0 Å². The van der Waals surface area contributed by atoms with Crippen molar-refractivity contribution in [3.8, 4) is 0 Å². The Bertz CT molecular complexity index is 352. The second-order valence-corrected chi connectivity index (χ2v) is 4.46. The molecule has 0 aliphatic carbocycles. The fourth-order valence-electron chi connectivity index (χ4n) is 0.794. The number of halogens is 3. The van der Waals surface area contributed by atoms with Crippen LogP contribution in [0.4, 0.5) is 4.39 Å². The van der Waals surface area contributed by atoms with Crippen LogP contribution in [0.1, 0.15) is 10.4 Å². The van der Waals surface area contributed by atoms with Gasteiger partial charge in [0.2, 0.25) is 0 Å². The second kappa shape index (κ2) is 4.54. The Morgan fingerprint density at radius 3 is 2.62 bits per heavy atom. The van der Waals surface area contributed by atoms with Crippen LogP contribution in [-0.2, 0) is 4.74 Å². The first kappa shape index (κ1) is 11.2. The molecule has 0 saturated heterocycles. The van der Waals surface area contributed by atoms with Crippen molar-refractivity contribution in [2.75, 3.05) is 7.11 Å². The van der Waals surface area contributed by atoms with Gasteiger partial charge >= 0.3 is 5.97 Å². The van der Waals surface area contributed by atoms with Gasteiger partial charge < -0.3 is 4.74 Å². The number of carbonyl (C=O) groups is 1. The highest BCUT2D eigenvalue weighted by Gasteiger charge is 2.15. The smallest absolute Gasteiger partial charge is 0.340 e. The fraction of sp³-hybridized carbons (Fsp3) is 0.125. The molecular formula is C8H5FI2O2. The first-order chi connectivity index (χ1) is 6.07. The van der Waals surface area contributed by atoms with Gasteiger partial charge in [-0.3, -0.25) is 0 Å². The van der Waals surface area contributed by atoms with Crippen LogP contribution in [0.25, 0.3) is 0 Å². The Balaban J connectivity index is 3.26. The lowest BCUT2D eigenvalue weighted by Crippen LogP contribution is -2.06. The maximum absolute atomic E-state index is 13.4. The highest BCUT2D eigenvalue weighted by molar-refractivity contribution is 14.1. The molecule has 0 amide bonds. The van der Waals surface area contributed by atoms with Gasteiger partial charge in [0, 0.05) is 3.57 Å². The van der Waals surface area contributed by atoms with Crippen LogP contribution in [0.5, 0.6) is 0 Å². The average molecular weight is 406 g/mol. The molecule has 13 heavy (non-hydrogen) atoms. The van der Waals surface area contributed by atoms with Crippen molar-refractivity contribution >= 4 is 51.2 Å². The van der Waals surface area contributed by atoms with Crippen LogP contribution in [0.15, 0.2) is 12.1 Å². The third kappa shape index (κ3) is 2.30. The van der Waals surface area contributed by atoms with Crippen LogP contribution in [0, 0.1) is 13.0 Å². The number of rotatable bonds is 1. The lowest BCUT2D eigenvalue weighted by atomic mass is 10.2. The number of hydrogen-bond acceptors (Lipinski definition) is 2. The summed E-state index contributed by atoms with van der Waals surface area (Å²) in [6.07, 6.45) is 0. The van der Waals surface area contributed by atoms with Gasteiger partial charge in [-0.15, -0.1) is 0 Å². The topological polar surface area (TPSA) is 26.3 Å². The molecule has 0 fully saturated rings. The Morgan fingerprint density at radius 2 is 2.08 bits per heavy atom. The lowest BCUT2D eigenvalue weighted by molar-refractivity contribution is 0.0595. The Kier molecular flexibility index (Phi) is 3.89. The van der Waals surface area contributed by atoms with E-state index in [0.29, 0.717) is 3.57 Å². The average Bonchev–Trinajstić information content (AvgIpc) is 2.13. The molecule has 0 bridgehead atoms. The van der Waals surface area contributed by atoms with Crippen molar-refractivity contribution in [2.45, 2.75) is 0 Å². The van der Waals surface area contributed by atoms with Gasteiger partial charge in [-0.1, -0.05) is 0 Å². The van der Waals surface area contributed by atoms with E-state index in [1.54, 1.807) is 6.07 Å². The summed E-state index contributed by atoms with van der Waals surface area (Å²) in [5.41, 5.74) is -0.0210. The fourth-order valence-corrected chi connectivity index (χ4v) is 1.68. The monoisotopic (exact) mass is 406 g/mol. The summed E-state index contributed by atoms with van der Waals surface area (Å²) in [5.74, 6) is -1.16. The van der Waals surface area contributed by atoms with Crippen molar-refractivity contribution in [3.05, 3.63) is 30.7 Å². The number of benzene rings is 1. The van der Waals surface area contributed by atoms with Crippen LogP contribution in [0.3, 0.4) is 0 Å². The molecule has 1 aromatic carbocycles. The first-order valence-electron chi connectivity index (χ1n) is 3.29. The van der Waals surface area contributed by atoms with Crippen molar-refractivity contribution in [1.82, 2.24) is 0 Å². The molecular weight excluding hydrogens is 401 g/mol. The van der Waals surface area contributed by atoms with Crippen molar-refractivity contribution in [3.63, 3.8) is 0 Å². The van der Waals surface area contributed by atoms with Gasteiger partial charge in [0.05, 0.1) is 16.2 Å². The number of carbonyl (C=O) groups excluding carboxylic acids is 1. The van der Waals surface area contributed by atoms with E-state index in [-0.39, 0.29) is 5.56 Å². The summed E-state index contributed by atoms with van der Waals surface area (Å²) >= 11 is 3.86. The maximum atomic E-state index is 13.4. The predicted molar refractivity (Wildman–Crippen MR) is 63.2 cm³/mol. The van der Waals surface area contributed by atoms with E-state index >= 15 is 0 Å². The van der Waals surface area contributed by atoms with Crippen LogP contribution in [0.2, 0.25) is 0 Å². The van der Waals surface area contributed by atoms with Crippen molar-refractivity contribution in [1.29, 1.82) is 0 Å². The normalized spacial score (nSPS) is 9.85. The van der Waals surface area contributed by atoms with E-state index in [0.717, 1.165) is 3.57 Å². The number of esters is 1. The molecule has 1 rings (SSSR count). The van der Waals surface area contributed by atoms with Crippen LogP contribution in [-0.4, -0.2) is 13.1 Å². The van der Waals surface area contributed by atoms with E-state index in [4.69, 9.17) is 0 Å². The third-order valence-electron chi connectivity index (χ3n) is 1.44. The minimum Gasteiger partial charge on any atom is -0.465 e. The molecule has 0 aliphatic rings. The Morgan fingerprint density at radius 1 is 1.46 bits per heavy atom. The highest BCUT2D eigenvalue weighted by atomic mass is 127. The van der Waals surface area contributed by atoms with Gasteiger partial charge in [0.25, 0.3) is 0 Å². The van der Waals surface area contributed by atoms with E-state index in [1.807, 2.05) is 45.2 Å². The summed E-state index contributed by atoms with van der Waals surface area (Å²) < 4.78 is 19.0. The Labute approximate surface area is 102 Å². The van der Waals surface area contributed by atoms with E-state index in [2.05, 4.69) is 4.74 Å². The zero-order valence-corrected chi connectivity index (χ0v) is 10.9. The standard InChI is InChI=1S/C8H5FI2O2/c1-13-8(12)4-2-3-5(10)7(11)6(4)9/h2-3H,1H3. The molecule has 2 nitrogen and oxygen atoms in total. The summed E-state index contributed by atoms with van der Waals surface area (Å²) in [4.78, 5) is 11.0. The molecule has 70 valence electrons. The molecule has 0 unspecified atom stereocenters. The number of ether oxygens (including phenoxy) is 1. The summed E-state index contributed by atoms with van der Waals surface area (Å²) in [7, 11) is 1.23. The SMILES string of the molecule is COC(=O)c1ccc(I)c(I)c1F. The lowest BCUT2D eigenvalue weighted by Gasteiger charge is -2.03. The molecule has 0 atom stereocenters. The number of methoxy groups -OCH3 is 1. The van der Waals surface area contributed by atoms with Crippen LogP contribution >= 0.6 is 45.2 Å². The van der Waals surface area contributed by atoms with Gasteiger partial charge in [-0.2, -0.15) is 0 Å². The second-order valence-electron chi connectivity index (χ2n) is 2.21. The van der Waals surface area contributed by atoms with Crippen molar-refractivity contribution < 1.29 is 13.9 Å². The van der Waals surface area contributed by atoms with E-state index < -0.39 is 11.8 Å². The van der Waals surface area contributed by atoms with E-state index in [1.165, 1.54) is 13.2 Å². The summed E-state index contributed by atoms with van der Waals surface area (Å²) in [6, 6.07) is 3.10. The molecule has 0 aliphatic heterocycles. The first-order valence-corrected chi connectivity index (χ1v) is 5.45. The molecule has 1 aromatic rings. The quantitative estimate of drug-likeness (QED) is 0.408. The third-order valence-corrected chi connectivity index (χ3v) is 4.43. The molecule has 0 N–H and O–H groups in total. The largest absolute Gasteiger partial charge is 0.465 e. The molecule has 0 aromatic heterocycles. The minimum absolute atomic E-state index is 0.0210. The van der Waals surface area contributed by atoms with Crippen molar-refractivity contribution in [2.24, 2.45) is 0 Å².